The normalized spacial score (nSPS) is 11.5. The lowest BCUT2D eigenvalue weighted by Crippen LogP contribution is -2.24. The van der Waals surface area contributed by atoms with Gasteiger partial charge in [0, 0.05) is 12.1 Å². The Hall–Kier alpha value is -4.26. The minimum atomic E-state index is -0.842. The van der Waals surface area contributed by atoms with Crippen LogP contribution in [0.3, 0.4) is 0 Å². The molecule has 0 aromatic heterocycles. The predicted molar refractivity (Wildman–Crippen MR) is 145 cm³/mol. The van der Waals surface area contributed by atoms with Crippen LogP contribution in [0.15, 0.2) is 72.8 Å². The van der Waals surface area contributed by atoms with Crippen LogP contribution < -0.4 is 10.1 Å². The summed E-state index contributed by atoms with van der Waals surface area (Å²) in [6.45, 7) is 5.39. The van der Waals surface area contributed by atoms with Crippen LogP contribution in [0.4, 0.5) is 8.78 Å². The van der Waals surface area contributed by atoms with Crippen molar-refractivity contribution < 1.29 is 27.8 Å². The van der Waals surface area contributed by atoms with Crippen LogP contribution in [0.5, 0.6) is 5.75 Å². The summed E-state index contributed by atoms with van der Waals surface area (Å²) in [6, 6.07) is 22.9. The van der Waals surface area contributed by atoms with Crippen LogP contribution in [0.1, 0.15) is 34.8 Å². The molecule has 0 radical (unpaired) electrons. The number of carbonyl (C=O) groups excluding carboxylic acids is 2. The smallest absolute Gasteiger partial charge is 0.292 e. The maximum Gasteiger partial charge on any atom is 0.292 e. The molecule has 0 atom stereocenters. The van der Waals surface area contributed by atoms with Gasteiger partial charge < -0.3 is 14.8 Å². The lowest BCUT2D eigenvalue weighted by molar-refractivity contribution is -0.126. The number of rotatable bonds is 4. The zero-order valence-corrected chi connectivity index (χ0v) is 21.7. The van der Waals surface area contributed by atoms with Crippen molar-refractivity contribution in [2.24, 2.45) is 0 Å². The molecule has 7 heteroatoms. The molecular formula is C31H31F2NO4. The fourth-order valence-electron chi connectivity index (χ4n) is 4.25. The fourth-order valence-corrected chi connectivity index (χ4v) is 4.25. The van der Waals surface area contributed by atoms with E-state index in [0.717, 1.165) is 37.3 Å². The maximum absolute atomic E-state index is 12.9. The quantitative estimate of drug-likeness (QED) is 0.307. The van der Waals surface area contributed by atoms with E-state index in [-0.39, 0.29) is 0 Å². The number of para-hydroxylation sites is 1. The molecule has 1 aliphatic heterocycles. The van der Waals surface area contributed by atoms with Crippen LogP contribution in [-0.4, -0.2) is 32.6 Å². The molecule has 0 saturated heterocycles. The van der Waals surface area contributed by atoms with Gasteiger partial charge in [0.05, 0.1) is 13.7 Å². The number of fused-ring (bicyclic) bond motifs is 2. The van der Waals surface area contributed by atoms with Crippen molar-refractivity contribution >= 4 is 23.2 Å². The lowest BCUT2D eigenvalue weighted by atomic mass is 9.92. The number of hydrogen-bond acceptors (Lipinski definition) is 4. The van der Waals surface area contributed by atoms with Gasteiger partial charge in [-0.1, -0.05) is 60.7 Å². The third-order valence-corrected chi connectivity index (χ3v) is 5.99. The third kappa shape index (κ3) is 6.73. The van der Waals surface area contributed by atoms with Crippen molar-refractivity contribution in [2.45, 2.75) is 26.7 Å². The van der Waals surface area contributed by atoms with Crippen LogP contribution in [-0.2, 0) is 16.0 Å². The molecule has 0 fully saturated rings. The number of amides is 1. The molecule has 198 valence electrons. The highest BCUT2D eigenvalue weighted by atomic mass is 19.1. The number of carbonyl (C=O) groups is 2. The molecule has 0 aliphatic carbocycles. The molecule has 0 spiro atoms. The van der Waals surface area contributed by atoms with Crippen molar-refractivity contribution in [1.29, 1.82) is 0 Å². The van der Waals surface area contributed by atoms with Crippen molar-refractivity contribution in [2.75, 3.05) is 20.3 Å². The zero-order chi connectivity index (χ0) is 27.5. The molecule has 4 aromatic carbocycles. The van der Waals surface area contributed by atoms with Crippen molar-refractivity contribution in [3.8, 4) is 16.9 Å². The summed E-state index contributed by atoms with van der Waals surface area (Å²) in [5, 5.41) is 4.95. The van der Waals surface area contributed by atoms with Crippen molar-refractivity contribution in [3.05, 3.63) is 101 Å². The minimum absolute atomic E-state index is 0.340. The van der Waals surface area contributed by atoms with Gasteiger partial charge in [-0.2, -0.15) is 0 Å². The molecule has 0 saturated carbocycles. The Morgan fingerprint density at radius 3 is 2.26 bits per heavy atom. The number of methoxy groups -OCH3 is 1. The van der Waals surface area contributed by atoms with Crippen molar-refractivity contribution in [1.82, 2.24) is 5.32 Å². The van der Waals surface area contributed by atoms with Crippen LogP contribution in [0.2, 0.25) is 0 Å². The van der Waals surface area contributed by atoms with E-state index in [9.17, 15) is 13.6 Å². The molecule has 5 rings (SSSR count). The van der Waals surface area contributed by atoms with E-state index in [4.69, 9.17) is 9.53 Å². The Morgan fingerprint density at radius 1 is 0.947 bits per heavy atom. The Balaban J connectivity index is 0.000000202. The molecule has 0 unspecified atom stereocenters. The number of aryl methyl sites for hydroxylation is 2. The molecular weight excluding hydrogens is 488 g/mol. The van der Waals surface area contributed by atoms with E-state index < -0.39 is 23.1 Å². The Morgan fingerprint density at radius 2 is 1.61 bits per heavy atom. The van der Waals surface area contributed by atoms with Gasteiger partial charge in [0.15, 0.2) is 0 Å². The summed E-state index contributed by atoms with van der Waals surface area (Å²) in [4.78, 5) is 20.0. The molecule has 0 bridgehead atoms. The van der Waals surface area contributed by atoms with Gasteiger partial charge in [-0.15, -0.1) is 0 Å². The first-order chi connectivity index (χ1) is 18.4. The molecule has 1 amide bonds. The van der Waals surface area contributed by atoms with Crippen LogP contribution in [0.25, 0.3) is 21.9 Å². The topological polar surface area (TPSA) is 64.6 Å². The largest absolute Gasteiger partial charge is 0.493 e. The van der Waals surface area contributed by atoms with E-state index in [1.807, 2.05) is 0 Å². The fraction of sp³-hybridized carbons (Fsp3) is 0.226. The van der Waals surface area contributed by atoms with E-state index in [2.05, 4.69) is 71.6 Å². The molecule has 1 aliphatic rings. The highest BCUT2D eigenvalue weighted by Crippen LogP contribution is 2.39. The van der Waals surface area contributed by atoms with E-state index in [0.29, 0.717) is 13.0 Å². The van der Waals surface area contributed by atoms with Crippen molar-refractivity contribution in [3.63, 3.8) is 0 Å². The summed E-state index contributed by atoms with van der Waals surface area (Å²) < 4.78 is 35.7. The van der Waals surface area contributed by atoms with Gasteiger partial charge >= 0.3 is 0 Å². The van der Waals surface area contributed by atoms with E-state index in [1.165, 1.54) is 46.2 Å². The summed E-state index contributed by atoms with van der Waals surface area (Å²) in [7, 11) is 1.31. The highest BCUT2D eigenvalue weighted by Gasteiger charge is 2.17. The summed E-state index contributed by atoms with van der Waals surface area (Å²) in [5.74, 6) is -1.33. The predicted octanol–water partition coefficient (Wildman–Crippen LogP) is 6.64. The number of hydrogen-bond donors (Lipinski definition) is 1. The summed E-state index contributed by atoms with van der Waals surface area (Å²) in [5.41, 5.74) is 4.63. The van der Waals surface area contributed by atoms with Gasteiger partial charge in [0.1, 0.15) is 22.9 Å². The molecule has 5 nitrogen and oxygen atoms in total. The highest BCUT2D eigenvalue weighted by molar-refractivity contribution is 5.99. The van der Waals surface area contributed by atoms with Gasteiger partial charge in [-0.25, -0.2) is 8.78 Å². The van der Waals surface area contributed by atoms with Gasteiger partial charge in [0.25, 0.3) is 12.4 Å². The number of nitrogens with one attached hydrogen (secondary N) is 1. The Labute approximate surface area is 221 Å². The minimum Gasteiger partial charge on any atom is -0.493 e. The average Bonchev–Trinajstić information content (AvgIpc) is 2.94. The zero-order valence-electron chi connectivity index (χ0n) is 21.7. The Kier molecular flexibility index (Phi) is 10.3. The van der Waals surface area contributed by atoms with Gasteiger partial charge in [0.2, 0.25) is 0 Å². The monoisotopic (exact) mass is 519 g/mol. The van der Waals surface area contributed by atoms with E-state index in [1.54, 1.807) is 6.92 Å². The second kappa shape index (κ2) is 13.9. The second-order valence-corrected chi connectivity index (χ2v) is 8.51. The first-order valence-electron chi connectivity index (χ1n) is 12.3. The third-order valence-electron chi connectivity index (χ3n) is 5.99. The molecule has 1 heterocycles. The maximum atomic E-state index is 12.9. The van der Waals surface area contributed by atoms with Crippen LogP contribution >= 0.6 is 0 Å². The van der Waals surface area contributed by atoms with E-state index >= 15 is 0 Å². The first-order valence-corrected chi connectivity index (χ1v) is 12.3. The SMILES string of the molecule is CCNC(=O)c1c(F)cccc1F.COC=O.Cc1ccc(-c2cccc3c2OCCC3)c2ccccc12. The number of halogens is 2. The van der Waals surface area contributed by atoms with Gasteiger partial charge in [-0.05, 0) is 66.3 Å². The summed E-state index contributed by atoms with van der Waals surface area (Å²) in [6.07, 6.45) is 2.23. The molecule has 38 heavy (non-hydrogen) atoms. The van der Waals surface area contributed by atoms with Gasteiger partial charge in [-0.3, -0.25) is 9.59 Å². The first kappa shape index (κ1) is 28.3. The molecule has 4 aromatic rings. The lowest BCUT2D eigenvalue weighted by Gasteiger charge is -2.21. The number of ether oxygens (including phenoxy) is 2. The number of benzene rings is 4. The second-order valence-electron chi connectivity index (χ2n) is 8.51. The standard InChI is InChI=1S/C20H18O.C9H9F2NO.C2H4O2/c1-14-11-12-18(17-9-3-2-8-16(14)17)19-10-4-6-15-7-5-13-21-20(15)19;1-2-12-9(13)8-6(10)4-3-5-7(8)11;1-4-2-3/h2-4,6,8-12H,5,7,13H2,1H3;3-5H,2H2,1H3,(H,12,13);2H,1H3. The summed E-state index contributed by atoms with van der Waals surface area (Å²) >= 11 is 0. The van der Waals surface area contributed by atoms with Crippen LogP contribution in [0, 0.1) is 18.6 Å². The Bertz CT molecular complexity index is 1380. The average molecular weight is 520 g/mol. The molecule has 1 N–H and O–H groups in total.